The Morgan fingerprint density at radius 2 is 1.74 bits per heavy atom. The van der Waals surface area contributed by atoms with Crippen molar-refractivity contribution in [3.63, 3.8) is 0 Å². The average molecular weight is 401 g/mol. The van der Waals surface area contributed by atoms with Crippen LogP contribution >= 0.6 is 12.4 Å². The smallest absolute Gasteiger partial charge is 0.317 e. The fourth-order valence-electron chi connectivity index (χ4n) is 4.16. The molecule has 4 rings (SSSR count). The van der Waals surface area contributed by atoms with E-state index >= 15 is 0 Å². The maximum atomic E-state index is 12.7. The minimum atomic E-state index is -4.41. The lowest BCUT2D eigenvalue weighted by atomic mass is 9.78. The van der Waals surface area contributed by atoms with Gasteiger partial charge in [-0.3, -0.25) is 4.90 Å². The van der Waals surface area contributed by atoms with Crippen LogP contribution in [-0.2, 0) is 12.7 Å². The van der Waals surface area contributed by atoms with Gasteiger partial charge >= 0.3 is 6.18 Å². The van der Waals surface area contributed by atoms with Crippen molar-refractivity contribution in [1.29, 1.82) is 0 Å². The molecule has 2 aliphatic rings. The number of piperidine rings is 1. The van der Waals surface area contributed by atoms with Crippen molar-refractivity contribution < 1.29 is 13.2 Å². The van der Waals surface area contributed by atoms with E-state index in [4.69, 9.17) is 0 Å². The molecule has 1 aromatic heterocycles. The van der Waals surface area contributed by atoms with E-state index in [9.17, 15) is 13.2 Å². The van der Waals surface area contributed by atoms with Crippen LogP contribution in [0.1, 0.15) is 30.5 Å². The second-order valence-corrected chi connectivity index (χ2v) is 7.52. The molecule has 0 aliphatic carbocycles. The second-order valence-electron chi connectivity index (χ2n) is 7.52. The molecule has 0 saturated carbocycles. The zero-order valence-corrected chi connectivity index (χ0v) is 15.8. The molecule has 1 spiro atoms. The SMILES string of the molecule is Cl.FC(F)(F)c1ccn(-c2ccc(CN3CCC4(CCNCC4)C3)cc2)n1. The van der Waals surface area contributed by atoms with Crippen LogP contribution in [0, 0.1) is 5.41 Å². The van der Waals surface area contributed by atoms with Gasteiger partial charge in [-0.05, 0) is 68.1 Å². The van der Waals surface area contributed by atoms with E-state index < -0.39 is 11.9 Å². The van der Waals surface area contributed by atoms with E-state index in [1.54, 1.807) is 0 Å². The summed E-state index contributed by atoms with van der Waals surface area (Å²) < 4.78 is 39.3. The number of alkyl halides is 3. The van der Waals surface area contributed by atoms with Gasteiger partial charge < -0.3 is 5.32 Å². The van der Waals surface area contributed by atoms with Gasteiger partial charge in [-0.15, -0.1) is 12.4 Å². The molecule has 1 N–H and O–H groups in total. The number of nitrogens with zero attached hydrogens (tertiary/aromatic N) is 3. The third kappa shape index (κ3) is 4.47. The first-order valence-electron chi connectivity index (χ1n) is 9.09. The van der Waals surface area contributed by atoms with Gasteiger partial charge in [-0.1, -0.05) is 12.1 Å². The molecule has 0 atom stereocenters. The number of likely N-dealkylation sites (tertiary alicyclic amines) is 1. The molecular formula is C19H24ClF3N4. The molecule has 148 valence electrons. The molecule has 0 unspecified atom stereocenters. The molecule has 8 heteroatoms. The van der Waals surface area contributed by atoms with Crippen LogP contribution in [-0.4, -0.2) is 40.9 Å². The first-order chi connectivity index (χ1) is 12.4. The van der Waals surface area contributed by atoms with Crippen LogP contribution in [0.3, 0.4) is 0 Å². The van der Waals surface area contributed by atoms with Crippen molar-refractivity contribution in [3.8, 4) is 5.69 Å². The Morgan fingerprint density at radius 1 is 1.04 bits per heavy atom. The van der Waals surface area contributed by atoms with Crippen molar-refractivity contribution in [2.24, 2.45) is 5.41 Å². The van der Waals surface area contributed by atoms with Gasteiger partial charge in [-0.2, -0.15) is 18.3 Å². The zero-order valence-electron chi connectivity index (χ0n) is 15.0. The third-order valence-corrected chi connectivity index (χ3v) is 5.67. The van der Waals surface area contributed by atoms with E-state index in [1.807, 2.05) is 24.3 Å². The molecule has 2 saturated heterocycles. The first kappa shape index (κ1) is 20.2. The standard InChI is InChI=1S/C19H23F3N4.ClH/c20-19(21,22)17-5-11-26(24-17)16-3-1-15(2-4-16)13-25-12-8-18(14-25)6-9-23-10-7-18;/h1-5,11,23H,6-10,12-14H2;1H. The Labute approximate surface area is 163 Å². The number of hydrogen-bond acceptors (Lipinski definition) is 3. The lowest BCUT2D eigenvalue weighted by molar-refractivity contribution is -0.141. The third-order valence-electron chi connectivity index (χ3n) is 5.67. The van der Waals surface area contributed by atoms with Crippen molar-refractivity contribution in [2.45, 2.75) is 32.0 Å². The average Bonchev–Trinajstić information content (AvgIpc) is 3.24. The monoisotopic (exact) mass is 400 g/mol. The van der Waals surface area contributed by atoms with Crippen molar-refractivity contribution in [1.82, 2.24) is 20.0 Å². The summed E-state index contributed by atoms with van der Waals surface area (Å²) in [5.41, 5.74) is 1.43. The van der Waals surface area contributed by atoms with E-state index in [-0.39, 0.29) is 12.4 Å². The predicted octanol–water partition coefficient (Wildman–Crippen LogP) is 3.89. The summed E-state index contributed by atoms with van der Waals surface area (Å²) in [4.78, 5) is 2.50. The number of halogens is 4. The van der Waals surface area contributed by atoms with Gasteiger partial charge in [0.2, 0.25) is 0 Å². The van der Waals surface area contributed by atoms with E-state index in [2.05, 4.69) is 15.3 Å². The van der Waals surface area contributed by atoms with Gasteiger partial charge in [0, 0.05) is 19.3 Å². The molecule has 3 heterocycles. The van der Waals surface area contributed by atoms with Crippen molar-refractivity contribution >= 4 is 12.4 Å². The maximum Gasteiger partial charge on any atom is 0.435 e. The summed E-state index contributed by atoms with van der Waals surface area (Å²) in [6.45, 7) is 5.39. The fraction of sp³-hybridized carbons (Fsp3) is 0.526. The molecule has 0 amide bonds. The number of nitrogens with one attached hydrogen (secondary N) is 1. The molecule has 0 bridgehead atoms. The number of rotatable bonds is 3. The normalized spacial score (nSPS) is 20.0. The Bertz CT molecular complexity index is 751. The van der Waals surface area contributed by atoms with Crippen LogP contribution < -0.4 is 5.32 Å². The number of benzene rings is 1. The topological polar surface area (TPSA) is 33.1 Å². The number of hydrogen-bond donors (Lipinski definition) is 1. The zero-order chi connectivity index (χ0) is 18.2. The summed E-state index contributed by atoms with van der Waals surface area (Å²) in [5, 5.41) is 7.05. The highest BCUT2D eigenvalue weighted by Gasteiger charge is 2.38. The highest BCUT2D eigenvalue weighted by atomic mass is 35.5. The van der Waals surface area contributed by atoms with Gasteiger partial charge in [0.05, 0.1) is 5.69 Å². The summed E-state index contributed by atoms with van der Waals surface area (Å²) in [5.74, 6) is 0. The highest BCUT2D eigenvalue weighted by Crippen LogP contribution is 2.39. The van der Waals surface area contributed by atoms with Crippen LogP contribution in [0.2, 0.25) is 0 Å². The molecule has 1 aromatic carbocycles. The van der Waals surface area contributed by atoms with E-state index in [0.717, 1.165) is 38.8 Å². The van der Waals surface area contributed by atoms with Gasteiger partial charge in [0.15, 0.2) is 5.69 Å². The molecule has 4 nitrogen and oxygen atoms in total. The molecule has 0 radical (unpaired) electrons. The molecule has 2 aromatic rings. The molecule has 2 fully saturated rings. The lowest BCUT2D eigenvalue weighted by Gasteiger charge is -2.33. The predicted molar refractivity (Wildman–Crippen MR) is 100 cm³/mol. The van der Waals surface area contributed by atoms with Gasteiger partial charge in [-0.25, -0.2) is 4.68 Å². The van der Waals surface area contributed by atoms with Crippen LogP contribution in [0.4, 0.5) is 13.2 Å². The maximum absolute atomic E-state index is 12.7. The van der Waals surface area contributed by atoms with Gasteiger partial charge in [0.25, 0.3) is 0 Å². The summed E-state index contributed by atoms with van der Waals surface area (Å²) in [6.07, 6.45) is 0.706. The minimum absolute atomic E-state index is 0. The van der Waals surface area contributed by atoms with Crippen LogP contribution in [0.5, 0.6) is 0 Å². The fourth-order valence-corrected chi connectivity index (χ4v) is 4.16. The lowest BCUT2D eigenvalue weighted by Crippen LogP contribution is -2.38. The summed E-state index contributed by atoms with van der Waals surface area (Å²) in [7, 11) is 0. The highest BCUT2D eigenvalue weighted by molar-refractivity contribution is 5.85. The molecular weight excluding hydrogens is 377 g/mol. The Hall–Kier alpha value is -1.57. The van der Waals surface area contributed by atoms with Crippen molar-refractivity contribution in [2.75, 3.05) is 26.2 Å². The summed E-state index contributed by atoms with van der Waals surface area (Å²) >= 11 is 0. The minimum Gasteiger partial charge on any atom is -0.317 e. The largest absolute Gasteiger partial charge is 0.435 e. The quantitative estimate of drug-likeness (QED) is 0.848. The number of aromatic nitrogens is 2. The molecule has 2 aliphatic heterocycles. The first-order valence-corrected chi connectivity index (χ1v) is 9.09. The van der Waals surface area contributed by atoms with Crippen molar-refractivity contribution in [3.05, 3.63) is 47.8 Å². The Balaban J connectivity index is 0.00000210. The Morgan fingerprint density at radius 3 is 2.37 bits per heavy atom. The van der Waals surface area contributed by atoms with E-state index in [0.29, 0.717) is 11.1 Å². The van der Waals surface area contributed by atoms with E-state index in [1.165, 1.54) is 35.7 Å². The van der Waals surface area contributed by atoms with Crippen LogP contribution in [0.25, 0.3) is 5.69 Å². The second kappa shape index (κ2) is 7.81. The van der Waals surface area contributed by atoms with Gasteiger partial charge in [0.1, 0.15) is 0 Å². The Kier molecular flexibility index (Phi) is 5.84. The molecule has 27 heavy (non-hydrogen) atoms. The summed E-state index contributed by atoms with van der Waals surface area (Å²) in [6, 6.07) is 8.63. The van der Waals surface area contributed by atoms with Crippen LogP contribution in [0.15, 0.2) is 36.5 Å².